The third-order valence-corrected chi connectivity index (χ3v) is 5.82. The van der Waals surface area contributed by atoms with Gasteiger partial charge in [0, 0.05) is 13.5 Å². The Morgan fingerprint density at radius 3 is 2.39 bits per heavy atom. The first-order valence-corrected chi connectivity index (χ1v) is 10.6. The van der Waals surface area contributed by atoms with Crippen LogP contribution in [0.2, 0.25) is 0 Å². The molecule has 0 spiro atoms. The van der Waals surface area contributed by atoms with E-state index in [1.54, 1.807) is 7.05 Å². The molecule has 1 fully saturated rings. The molecule has 0 atom stereocenters. The predicted octanol–water partition coefficient (Wildman–Crippen LogP) is 3.88. The Hall–Kier alpha value is -3.33. The fourth-order valence-corrected chi connectivity index (χ4v) is 3.92. The summed E-state index contributed by atoms with van der Waals surface area (Å²) in [7, 11) is 1.61. The quantitative estimate of drug-likeness (QED) is 0.606. The van der Waals surface area contributed by atoms with Gasteiger partial charge >= 0.3 is 5.97 Å². The first-order chi connectivity index (χ1) is 15.0. The summed E-state index contributed by atoms with van der Waals surface area (Å²) in [5.41, 5.74) is 1.31. The lowest BCUT2D eigenvalue weighted by Crippen LogP contribution is -2.51. The van der Waals surface area contributed by atoms with Gasteiger partial charge in [-0.1, -0.05) is 67.8 Å². The molecular weight excluding hydrogens is 392 g/mol. The van der Waals surface area contributed by atoms with Gasteiger partial charge < -0.3 is 14.4 Å². The van der Waals surface area contributed by atoms with E-state index < -0.39 is 18.1 Å². The topological polar surface area (TPSA) is 79.6 Å². The van der Waals surface area contributed by atoms with Gasteiger partial charge in [0.15, 0.2) is 13.2 Å². The van der Waals surface area contributed by atoms with Crippen molar-refractivity contribution >= 4 is 11.9 Å². The van der Waals surface area contributed by atoms with Crippen molar-refractivity contribution < 1.29 is 19.1 Å². The smallest absolute Gasteiger partial charge is 0.344 e. The maximum Gasteiger partial charge on any atom is 0.344 e. The van der Waals surface area contributed by atoms with Crippen molar-refractivity contribution in [2.45, 2.75) is 44.1 Å². The van der Waals surface area contributed by atoms with Gasteiger partial charge in [0.1, 0.15) is 11.3 Å². The number of carbonyl (C=O) groups is 2. The minimum Gasteiger partial charge on any atom is -0.482 e. The van der Waals surface area contributed by atoms with E-state index in [1.807, 2.05) is 54.6 Å². The number of likely N-dealkylation sites (N-methyl/N-ethyl adjacent to an activating group) is 1. The summed E-state index contributed by atoms with van der Waals surface area (Å²) in [5.74, 6) is -0.385. The second kappa shape index (κ2) is 10.6. The normalized spacial score (nSPS) is 14.8. The molecule has 0 bridgehead atoms. The van der Waals surface area contributed by atoms with E-state index in [-0.39, 0.29) is 12.5 Å². The van der Waals surface area contributed by atoms with Crippen LogP contribution in [0.4, 0.5) is 0 Å². The minimum atomic E-state index is -0.797. The minimum absolute atomic E-state index is 0.286. The third kappa shape index (κ3) is 5.85. The van der Waals surface area contributed by atoms with E-state index in [1.165, 1.54) is 4.90 Å². The van der Waals surface area contributed by atoms with Crippen LogP contribution in [0.1, 0.15) is 43.2 Å². The van der Waals surface area contributed by atoms with Gasteiger partial charge in [-0.15, -0.1) is 0 Å². The van der Waals surface area contributed by atoms with Gasteiger partial charge in [0.2, 0.25) is 0 Å². The average Bonchev–Trinajstić information content (AvgIpc) is 2.82. The number of hydrogen-bond acceptors (Lipinski definition) is 5. The van der Waals surface area contributed by atoms with Crippen molar-refractivity contribution in [3.8, 4) is 11.8 Å². The largest absolute Gasteiger partial charge is 0.482 e. The van der Waals surface area contributed by atoms with Crippen LogP contribution < -0.4 is 4.74 Å². The SMILES string of the molecule is CN(C(=O)COC(=O)COc1ccccc1Cc1ccccc1)C1(C#N)CCCCC1. The molecule has 0 radical (unpaired) electrons. The van der Waals surface area contributed by atoms with Crippen LogP contribution >= 0.6 is 0 Å². The van der Waals surface area contributed by atoms with Crippen molar-refractivity contribution in [2.24, 2.45) is 0 Å². The van der Waals surface area contributed by atoms with Gasteiger partial charge in [0.05, 0.1) is 6.07 Å². The highest BCUT2D eigenvalue weighted by atomic mass is 16.6. The molecule has 0 heterocycles. The summed E-state index contributed by atoms with van der Waals surface area (Å²) >= 11 is 0. The zero-order valence-electron chi connectivity index (χ0n) is 17.9. The molecule has 1 saturated carbocycles. The Kier molecular flexibility index (Phi) is 7.66. The molecule has 6 heteroatoms. The van der Waals surface area contributed by atoms with Crippen LogP contribution in [0.25, 0.3) is 0 Å². The average molecular weight is 421 g/mol. The molecule has 0 aromatic heterocycles. The van der Waals surface area contributed by atoms with E-state index in [0.29, 0.717) is 25.0 Å². The lowest BCUT2D eigenvalue weighted by atomic mass is 9.81. The van der Waals surface area contributed by atoms with Crippen molar-refractivity contribution in [3.05, 3.63) is 65.7 Å². The van der Waals surface area contributed by atoms with Crippen LogP contribution in [0, 0.1) is 11.3 Å². The number of amides is 1. The molecule has 162 valence electrons. The molecule has 6 nitrogen and oxygen atoms in total. The molecule has 2 aromatic rings. The van der Waals surface area contributed by atoms with E-state index >= 15 is 0 Å². The van der Waals surface area contributed by atoms with Crippen LogP contribution in [0.3, 0.4) is 0 Å². The highest BCUT2D eigenvalue weighted by molar-refractivity contribution is 5.81. The molecule has 1 aliphatic rings. The van der Waals surface area contributed by atoms with E-state index in [4.69, 9.17) is 9.47 Å². The molecule has 31 heavy (non-hydrogen) atoms. The molecule has 3 rings (SSSR count). The standard InChI is InChI=1S/C25H28N2O4/c1-27(25(19-26)14-8-3-9-15-25)23(28)17-31-24(29)18-30-22-13-7-6-12-21(22)16-20-10-4-2-5-11-20/h2,4-7,10-13H,3,8-9,14-18H2,1H3. The molecule has 0 unspecified atom stereocenters. The van der Waals surface area contributed by atoms with Crippen molar-refractivity contribution in [2.75, 3.05) is 20.3 Å². The van der Waals surface area contributed by atoms with Crippen LogP contribution in [-0.2, 0) is 20.7 Å². The van der Waals surface area contributed by atoms with E-state index in [2.05, 4.69) is 6.07 Å². The van der Waals surface area contributed by atoms with Gasteiger partial charge in [-0.05, 0) is 30.0 Å². The summed E-state index contributed by atoms with van der Waals surface area (Å²) in [6.07, 6.45) is 4.90. The van der Waals surface area contributed by atoms with E-state index in [9.17, 15) is 14.9 Å². The Bertz CT molecular complexity index is 930. The number of para-hydroxylation sites is 1. The number of esters is 1. The molecule has 1 aliphatic carbocycles. The first-order valence-electron chi connectivity index (χ1n) is 10.6. The zero-order chi connectivity index (χ0) is 22.1. The second-order valence-electron chi connectivity index (χ2n) is 7.88. The summed E-state index contributed by atoms with van der Waals surface area (Å²) < 4.78 is 10.8. The Labute approximate surface area is 183 Å². The van der Waals surface area contributed by atoms with Crippen LogP contribution in [0.5, 0.6) is 5.75 Å². The van der Waals surface area contributed by atoms with Crippen LogP contribution in [0.15, 0.2) is 54.6 Å². The van der Waals surface area contributed by atoms with Gasteiger partial charge in [-0.3, -0.25) is 4.79 Å². The Morgan fingerprint density at radius 1 is 1.00 bits per heavy atom. The summed E-state index contributed by atoms with van der Waals surface area (Å²) in [5, 5.41) is 9.61. The third-order valence-electron chi connectivity index (χ3n) is 5.82. The molecule has 2 aromatic carbocycles. The number of ether oxygens (including phenoxy) is 2. The first kappa shape index (κ1) is 22.4. The summed E-state index contributed by atoms with van der Waals surface area (Å²) in [6.45, 7) is -0.681. The van der Waals surface area contributed by atoms with Gasteiger partial charge in [-0.25, -0.2) is 4.79 Å². The monoisotopic (exact) mass is 420 g/mol. The highest BCUT2D eigenvalue weighted by Gasteiger charge is 2.39. The van der Waals surface area contributed by atoms with Gasteiger partial charge in [-0.2, -0.15) is 5.26 Å². The van der Waals surface area contributed by atoms with Crippen LogP contribution in [-0.4, -0.2) is 42.6 Å². The molecule has 0 aliphatic heterocycles. The van der Waals surface area contributed by atoms with Crippen molar-refractivity contribution in [1.82, 2.24) is 4.90 Å². The maximum absolute atomic E-state index is 12.5. The number of hydrogen-bond donors (Lipinski definition) is 0. The Morgan fingerprint density at radius 2 is 1.68 bits per heavy atom. The predicted molar refractivity (Wildman–Crippen MR) is 116 cm³/mol. The van der Waals surface area contributed by atoms with Crippen molar-refractivity contribution in [3.63, 3.8) is 0 Å². The van der Waals surface area contributed by atoms with Gasteiger partial charge in [0.25, 0.3) is 5.91 Å². The lowest BCUT2D eigenvalue weighted by Gasteiger charge is -2.38. The lowest BCUT2D eigenvalue weighted by molar-refractivity contribution is -0.155. The molecule has 0 saturated heterocycles. The number of benzene rings is 2. The Balaban J connectivity index is 1.51. The fraction of sp³-hybridized carbons (Fsp3) is 0.400. The zero-order valence-corrected chi connectivity index (χ0v) is 17.9. The maximum atomic E-state index is 12.5. The van der Waals surface area contributed by atoms with E-state index in [0.717, 1.165) is 30.4 Å². The second-order valence-corrected chi connectivity index (χ2v) is 7.88. The molecule has 0 N–H and O–H groups in total. The molecular formula is C25H28N2O4. The van der Waals surface area contributed by atoms with Crippen molar-refractivity contribution in [1.29, 1.82) is 5.26 Å². The number of nitrogens with zero attached hydrogens (tertiary/aromatic N) is 2. The number of nitriles is 1. The fourth-order valence-electron chi connectivity index (χ4n) is 3.92. The number of carbonyl (C=O) groups excluding carboxylic acids is 2. The highest BCUT2D eigenvalue weighted by Crippen LogP contribution is 2.32. The molecule has 1 amide bonds. The summed E-state index contributed by atoms with van der Waals surface area (Å²) in [4.78, 5) is 26.1. The number of rotatable bonds is 8. The summed E-state index contributed by atoms with van der Waals surface area (Å²) in [6, 6.07) is 19.8.